The van der Waals surface area contributed by atoms with Crippen molar-refractivity contribution < 1.29 is 14.4 Å². The van der Waals surface area contributed by atoms with Gasteiger partial charge in [0.15, 0.2) is 0 Å². The minimum atomic E-state index is -1.19. The molecule has 2 N–H and O–H groups in total. The predicted octanol–water partition coefficient (Wildman–Crippen LogP) is 2.68. The number of aryl methyl sites for hydroxylation is 2. The van der Waals surface area contributed by atoms with Crippen LogP contribution in [0.4, 0.5) is 4.79 Å². The van der Waals surface area contributed by atoms with Gasteiger partial charge >= 0.3 is 6.03 Å². The molecule has 0 spiro atoms. The van der Waals surface area contributed by atoms with Crippen molar-refractivity contribution in [3.8, 4) is 0 Å². The lowest BCUT2D eigenvalue weighted by Gasteiger charge is -2.22. The lowest BCUT2D eigenvalue weighted by molar-refractivity contribution is -0.138. The first-order valence-corrected chi connectivity index (χ1v) is 9.03. The third-order valence-corrected chi connectivity index (χ3v) is 4.85. The molecule has 4 amide bonds. The van der Waals surface area contributed by atoms with Crippen LogP contribution in [-0.4, -0.2) is 22.9 Å². The Morgan fingerprint density at radius 3 is 2.30 bits per heavy atom. The molecule has 0 radical (unpaired) electrons. The van der Waals surface area contributed by atoms with Crippen LogP contribution in [0.25, 0.3) is 0 Å². The molecule has 1 aliphatic heterocycles. The maximum Gasteiger partial charge on any atom is 0.344 e. The average molecular weight is 365 g/mol. The number of benzene rings is 2. The van der Waals surface area contributed by atoms with Gasteiger partial charge in [-0.1, -0.05) is 61.5 Å². The quantitative estimate of drug-likeness (QED) is 0.773. The number of hydrogen-bond acceptors (Lipinski definition) is 3. The number of nitrogens with one attached hydrogen (secondary N) is 2. The summed E-state index contributed by atoms with van der Waals surface area (Å²) in [4.78, 5) is 37.2. The molecule has 0 bridgehead atoms. The van der Waals surface area contributed by atoms with Crippen LogP contribution < -0.4 is 10.7 Å². The van der Waals surface area contributed by atoms with Gasteiger partial charge in [-0.15, -0.1) is 0 Å². The Kier molecular flexibility index (Phi) is 5.26. The third kappa shape index (κ3) is 3.84. The molecule has 1 heterocycles. The lowest BCUT2D eigenvalue weighted by atomic mass is 9.92. The van der Waals surface area contributed by atoms with Crippen LogP contribution in [0.3, 0.4) is 0 Å². The lowest BCUT2D eigenvalue weighted by Crippen LogP contribution is -2.48. The summed E-state index contributed by atoms with van der Waals surface area (Å²) in [6.45, 7) is 3.72. The Morgan fingerprint density at radius 1 is 1.04 bits per heavy atom. The van der Waals surface area contributed by atoms with Gasteiger partial charge in [-0.2, -0.15) is 5.01 Å². The van der Waals surface area contributed by atoms with Crippen molar-refractivity contribution in [2.45, 2.75) is 38.6 Å². The smallest absolute Gasteiger partial charge is 0.318 e. The van der Waals surface area contributed by atoms with Crippen LogP contribution in [-0.2, 0) is 28.0 Å². The summed E-state index contributed by atoms with van der Waals surface area (Å²) in [5.74, 6) is -0.880. The highest BCUT2D eigenvalue weighted by Gasteiger charge is 2.49. The largest absolute Gasteiger partial charge is 0.344 e. The van der Waals surface area contributed by atoms with Crippen molar-refractivity contribution in [2.24, 2.45) is 0 Å². The van der Waals surface area contributed by atoms with Gasteiger partial charge in [0, 0.05) is 6.42 Å². The Morgan fingerprint density at radius 2 is 1.67 bits per heavy atom. The summed E-state index contributed by atoms with van der Waals surface area (Å²) in [5.41, 5.74) is 4.17. The SMILES string of the molecule is CCc1ccc(CCC(=O)NN2C(=O)NC(C)(c3ccccc3)C2=O)cc1. The molecule has 1 unspecified atom stereocenters. The summed E-state index contributed by atoms with van der Waals surface area (Å²) >= 11 is 0. The zero-order valence-electron chi connectivity index (χ0n) is 15.5. The van der Waals surface area contributed by atoms with Gasteiger partial charge in [0.25, 0.3) is 5.91 Å². The van der Waals surface area contributed by atoms with Crippen LogP contribution >= 0.6 is 0 Å². The molecular weight excluding hydrogens is 342 g/mol. The number of imide groups is 1. The van der Waals surface area contributed by atoms with Crippen LogP contribution in [0.2, 0.25) is 0 Å². The van der Waals surface area contributed by atoms with Crippen molar-refractivity contribution in [1.82, 2.24) is 15.8 Å². The second-order valence-corrected chi connectivity index (χ2v) is 6.77. The molecular formula is C21H23N3O3. The zero-order chi connectivity index (χ0) is 19.4. The first-order valence-electron chi connectivity index (χ1n) is 9.03. The van der Waals surface area contributed by atoms with Gasteiger partial charge in [0.2, 0.25) is 5.91 Å². The monoisotopic (exact) mass is 365 g/mol. The zero-order valence-corrected chi connectivity index (χ0v) is 15.5. The van der Waals surface area contributed by atoms with Crippen LogP contribution in [0.5, 0.6) is 0 Å². The van der Waals surface area contributed by atoms with Crippen molar-refractivity contribution >= 4 is 17.8 Å². The third-order valence-electron chi connectivity index (χ3n) is 4.85. The highest BCUT2D eigenvalue weighted by atomic mass is 16.2. The maximum absolute atomic E-state index is 12.7. The van der Waals surface area contributed by atoms with E-state index in [9.17, 15) is 14.4 Å². The number of hydrazine groups is 1. The van der Waals surface area contributed by atoms with Crippen LogP contribution in [0.15, 0.2) is 54.6 Å². The summed E-state index contributed by atoms with van der Waals surface area (Å²) < 4.78 is 0. The summed E-state index contributed by atoms with van der Waals surface area (Å²) in [5, 5.41) is 3.43. The Hall–Kier alpha value is -3.15. The standard InChI is InChI=1S/C21H23N3O3/c1-3-15-9-11-16(12-10-15)13-14-18(25)23-24-19(26)21(2,22-20(24)27)17-7-5-4-6-8-17/h4-12H,3,13-14H2,1-2H3,(H,22,27)(H,23,25). The van der Waals surface area contributed by atoms with E-state index in [1.807, 2.05) is 30.3 Å². The highest BCUT2D eigenvalue weighted by molar-refractivity contribution is 6.08. The number of amides is 4. The summed E-state index contributed by atoms with van der Waals surface area (Å²) in [7, 11) is 0. The van der Waals surface area contributed by atoms with Gasteiger partial charge in [-0.05, 0) is 36.5 Å². The fraction of sp³-hybridized carbons (Fsp3) is 0.286. The second-order valence-electron chi connectivity index (χ2n) is 6.77. The topological polar surface area (TPSA) is 78.5 Å². The van der Waals surface area contributed by atoms with E-state index in [-0.39, 0.29) is 12.3 Å². The van der Waals surface area contributed by atoms with Crippen molar-refractivity contribution in [3.63, 3.8) is 0 Å². The van der Waals surface area contributed by atoms with Gasteiger partial charge < -0.3 is 5.32 Å². The molecule has 6 nitrogen and oxygen atoms in total. The number of hydrogen-bond donors (Lipinski definition) is 2. The van der Waals surface area contributed by atoms with E-state index in [4.69, 9.17) is 0 Å². The molecule has 0 aromatic heterocycles. The number of nitrogens with zero attached hydrogens (tertiary/aromatic N) is 1. The molecule has 2 aromatic carbocycles. The average Bonchev–Trinajstić information content (AvgIpc) is 2.91. The highest BCUT2D eigenvalue weighted by Crippen LogP contribution is 2.27. The van der Waals surface area contributed by atoms with Crippen LogP contribution in [0, 0.1) is 0 Å². The van der Waals surface area contributed by atoms with Gasteiger partial charge in [-0.25, -0.2) is 4.79 Å². The predicted molar refractivity (Wildman–Crippen MR) is 101 cm³/mol. The molecule has 1 fully saturated rings. The number of carbonyl (C=O) groups is 3. The molecule has 2 aromatic rings. The molecule has 1 atom stereocenters. The summed E-state index contributed by atoms with van der Waals surface area (Å²) in [6, 6.07) is 16.4. The fourth-order valence-corrected chi connectivity index (χ4v) is 3.09. The second kappa shape index (κ2) is 7.61. The Balaban J connectivity index is 1.62. The van der Waals surface area contributed by atoms with Crippen molar-refractivity contribution in [3.05, 3.63) is 71.3 Å². The molecule has 1 saturated heterocycles. The Bertz CT molecular complexity index is 849. The van der Waals surface area contributed by atoms with E-state index < -0.39 is 17.5 Å². The van der Waals surface area contributed by atoms with E-state index in [2.05, 4.69) is 17.7 Å². The van der Waals surface area contributed by atoms with E-state index in [1.165, 1.54) is 5.56 Å². The minimum absolute atomic E-state index is 0.185. The molecule has 1 aliphatic rings. The molecule has 140 valence electrons. The van der Waals surface area contributed by atoms with E-state index >= 15 is 0 Å². The maximum atomic E-state index is 12.7. The minimum Gasteiger partial charge on any atom is -0.318 e. The molecule has 6 heteroatoms. The Labute approximate surface area is 158 Å². The van der Waals surface area contributed by atoms with Crippen molar-refractivity contribution in [1.29, 1.82) is 0 Å². The molecule has 27 heavy (non-hydrogen) atoms. The van der Waals surface area contributed by atoms with E-state index in [0.717, 1.165) is 17.0 Å². The van der Waals surface area contributed by atoms with Gasteiger partial charge in [-0.3, -0.25) is 15.0 Å². The number of urea groups is 1. The molecule has 0 aliphatic carbocycles. The normalized spacial score (nSPS) is 19.1. The number of carbonyl (C=O) groups excluding carboxylic acids is 3. The summed E-state index contributed by atoms with van der Waals surface area (Å²) in [6.07, 6.45) is 1.69. The van der Waals surface area contributed by atoms with E-state index in [0.29, 0.717) is 12.0 Å². The number of rotatable bonds is 6. The first-order chi connectivity index (χ1) is 12.9. The van der Waals surface area contributed by atoms with Gasteiger partial charge in [0.1, 0.15) is 5.54 Å². The van der Waals surface area contributed by atoms with Crippen molar-refractivity contribution in [2.75, 3.05) is 0 Å². The first kappa shape index (κ1) is 18.6. The van der Waals surface area contributed by atoms with E-state index in [1.54, 1.807) is 31.2 Å². The van der Waals surface area contributed by atoms with Crippen LogP contribution in [0.1, 0.15) is 37.0 Å². The van der Waals surface area contributed by atoms with Gasteiger partial charge in [0.05, 0.1) is 0 Å². The molecule has 3 rings (SSSR count). The fourth-order valence-electron chi connectivity index (χ4n) is 3.09. The molecule has 0 saturated carbocycles.